The number of unbranched alkanes of at least 4 members (excludes halogenated alkanes) is 22. The number of primary amides is 1. The second-order valence-corrected chi connectivity index (χ2v) is 13.4. The van der Waals surface area contributed by atoms with Gasteiger partial charge in [0, 0.05) is 5.92 Å². The summed E-state index contributed by atoms with van der Waals surface area (Å²) in [5, 5.41) is 0. The summed E-state index contributed by atoms with van der Waals surface area (Å²) in [6, 6.07) is 0. The Morgan fingerprint density at radius 3 is 1.15 bits per heavy atom. The van der Waals surface area contributed by atoms with Gasteiger partial charge in [0.2, 0.25) is 5.91 Å². The molecule has 46 heavy (non-hydrogen) atoms. The highest BCUT2D eigenvalue weighted by atomic mass is 16.1. The average Bonchev–Trinajstić information content (AvgIpc) is 3.05. The van der Waals surface area contributed by atoms with Gasteiger partial charge in [-0.1, -0.05) is 215 Å². The van der Waals surface area contributed by atoms with E-state index in [1.54, 1.807) is 0 Å². The van der Waals surface area contributed by atoms with Crippen molar-refractivity contribution < 1.29 is 4.79 Å². The molecule has 0 aliphatic heterocycles. The topological polar surface area (TPSA) is 43.1 Å². The van der Waals surface area contributed by atoms with Crippen LogP contribution in [0.3, 0.4) is 0 Å². The fraction of sp³-hybridized carbons (Fsp3) is 0.705. The van der Waals surface area contributed by atoms with E-state index in [1.807, 2.05) is 0 Å². The van der Waals surface area contributed by atoms with Gasteiger partial charge in [0.05, 0.1) is 0 Å². The summed E-state index contributed by atoms with van der Waals surface area (Å²) < 4.78 is 0. The van der Waals surface area contributed by atoms with E-state index in [9.17, 15) is 4.79 Å². The Kier molecular flexibility index (Phi) is 37.3. The van der Waals surface area contributed by atoms with Gasteiger partial charge in [-0.2, -0.15) is 0 Å². The molecule has 0 aliphatic rings. The number of carbonyl (C=O) groups is 1. The van der Waals surface area contributed by atoms with Crippen LogP contribution in [0.2, 0.25) is 0 Å². The smallest absolute Gasteiger partial charge is 0.220 e. The maximum absolute atomic E-state index is 11.6. The molecule has 0 bridgehead atoms. The third kappa shape index (κ3) is 36.4. The molecule has 264 valence electrons. The molecule has 0 spiro atoms. The zero-order valence-corrected chi connectivity index (χ0v) is 30.8. The first-order chi connectivity index (χ1) is 22.7. The van der Waals surface area contributed by atoms with Crippen LogP contribution in [0.5, 0.6) is 0 Å². The molecule has 2 N–H and O–H groups in total. The number of hydrogen-bond acceptors (Lipinski definition) is 1. The van der Waals surface area contributed by atoms with Crippen LogP contribution in [0.15, 0.2) is 72.9 Å². The molecule has 2 nitrogen and oxygen atoms in total. The lowest BCUT2D eigenvalue weighted by molar-refractivity contribution is -0.122. The second-order valence-electron chi connectivity index (χ2n) is 13.4. The predicted octanol–water partition coefficient (Wildman–Crippen LogP) is 14.4. The summed E-state index contributed by atoms with van der Waals surface area (Å²) >= 11 is 0. The van der Waals surface area contributed by atoms with Gasteiger partial charge < -0.3 is 5.73 Å². The minimum Gasteiger partial charge on any atom is -0.369 e. The van der Waals surface area contributed by atoms with Crippen LogP contribution in [0.4, 0.5) is 0 Å². The number of carbonyl (C=O) groups excluding carboxylic acids is 1. The summed E-state index contributed by atoms with van der Waals surface area (Å²) in [6.45, 7) is 4.43. The number of hydrogen-bond donors (Lipinski definition) is 1. The Morgan fingerprint density at radius 1 is 0.391 bits per heavy atom. The zero-order valence-electron chi connectivity index (χ0n) is 30.8. The van der Waals surface area contributed by atoms with Gasteiger partial charge in [0.25, 0.3) is 0 Å². The minimum absolute atomic E-state index is 0.0676. The van der Waals surface area contributed by atoms with Crippen LogP contribution < -0.4 is 5.73 Å². The number of rotatable bonds is 35. The molecule has 0 radical (unpaired) electrons. The van der Waals surface area contributed by atoms with E-state index >= 15 is 0 Å². The van der Waals surface area contributed by atoms with Crippen molar-refractivity contribution in [3.8, 4) is 0 Å². The van der Waals surface area contributed by atoms with Crippen molar-refractivity contribution in [1.29, 1.82) is 0 Å². The third-order valence-electron chi connectivity index (χ3n) is 8.92. The lowest BCUT2D eigenvalue weighted by atomic mass is 9.95. The predicted molar refractivity (Wildman–Crippen MR) is 208 cm³/mol. The molecular formula is C44H77NO. The highest BCUT2D eigenvalue weighted by Crippen LogP contribution is 2.17. The quantitative estimate of drug-likeness (QED) is 0.0420. The van der Waals surface area contributed by atoms with Gasteiger partial charge >= 0.3 is 0 Å². The highest BCUT2D eigenvalue weighted by Gasteiger charge is 2.13. The summed E-state index contributed by atoms with van der Waals surface area (Å²) in [7, 11) is 0. The molecule has 0 aromatic rings. The molecule has 1 unspecified atom stereocenters. The molecule has 2 heteroatoms. The van der Waals surface area contributed by atoms with Crippen molar-refractivity contribution in [3.63, 3.8) is 0 Å². The molecule has 1 amide bonds. The Bertz CT molecular complexity index is 799. The SMILES string of the molecule is CCCC/C=C/C=C/C=C/C=C/C=C/CCCCCCCCCCCCCCCCCCC/C=C/CCC(CCCCC)C(N)=O. The first-order valence-corrected chi connectivity index (χ1v) is 20.0. The lowest BCUT2D eigenvalue weighted by Crippen LogP contribution is -2.23. The maximum atomic E-state index is 11.6. The van der Waals surface area contributed by atoms with Crippen molar-refractivity contribution in [3.05, 3.63) is 72.9 Å². The summed E-state index contributed by atoms with van der Waals surface area (Å²) in [6.07, 6.45) is 62.4. The van der Waals surface area contributed by atoms with Gasteiger partial charge in [-0.25, -0.2) is 0 Å². The summed E-state index contributed by atoms with van der Waals surface area (Å²) in [5.41, 5.74) is 5.57. The number of nitrogens with two attached hydrogens (primary N) is 1. The van der Waals surface area contributed by atoms with E-state index < -0.39 is 0 Å². The standard InChI is InChI=1S/C44H77NO/c1-3-5-7-8-9-10-11-12-13-14-15-16-17-18-19-20-21-22-23-24-25-26-27-28-29-30-31-32-33-34-35-36-37-38-40-42-43(44(45)46)41-39-6-4-2/h8-17,37-38,43H,3-7,18-36,39-42H2,1-2H3,(H2,45,46)/b9-8+,11-10+,13-12+,15-14+,17-16+,38-37+. The van der Waals surface area contributed by atoms with Crippen LogP contribution in [0.1, 0.15) is 194 Å². The number of allylic oxidation sites excluding steroid dienone is 12. The molecule has 0 heterocycles. The monoisotopic (exact) mass is 636 g/mol. The van der Waals surface area contributed by atoms with E-state index in [2.05, 4.69) is 86.8 Å². The molecule has 0 fully saturated rings. The average molecular weight is 636 g/mol. The van der Waals surface area contributed by atoms with Crippen LogP contribution in [0.25, 0.3) is 0 Å². The van der Waals surface area contributed by atoms with Crippen LogP contribution >= 0.6 is 0 Å². The maximum Gasteiger partial charge on any atom is 0.220 e. The summed E-state index contributed by atoms with van der Waals surface area (Å²) in [5.74, 6) is -0.0438. The van der Waals surface area contributed by atoms with Crippen molar-refractivity contribution in [2.24, 2.45) is 11.7 Å². The molecule has 0 saturated heterocycles. The molecular weight excluding hydrogens is 558 g/mol. The lowest BCUT2D eigenvalue weighted by Gasteiger charge is -2.11. The Labute approximate surface area is 288 Å². The first kappa shape index (κ1) is 43.9. The van der Waals surface area contributed by atoms with E-state index in [0.717, 1.165) is 25.7 Å². The minimum atomic E-state index is -0.111. The fourth-order valence-corrected chi connectivity index (χ4v) is 5.84. The van der Waals surface area contributed by atoms with Gasteiger partial charge in [-0.05, 0) is 51.4 Å². The normalized spacial score (nSPS) is 13.3. The Balaban J connectivity index is 3.34. The van der Waals surface area contributed by atoms with E-state index in [-0.39, 0.29) is 11.8 Å². The second kappa shape index (κ2) is 39.1. The Hall–Kier alpha value is -2.09. The molecule has 0 aromatic heterocycles. The number of amides is 1. The molecule has 0 aromatic carbocycles. The van der Waals surface area contributed by atoms with Gasteiger partial charge in [-0.15, -0.1) is 0 Å². The van der Waals surface area contributed by atoms with Crippen LogP contribution in [0, 0.1) is 5.92 Å². The van der Waals surface area contributed by atoms with Crippen molar-refractivity contribution in [2.75, 3.05) is 0 Å². The molecule has 0 aliphatic carbocycles. The van der Waals surface area contributed by atoms with E-state index in [1.165, 1.54) is 154 Å². The van der Waals surface area contributed by atoms with E-state index in [4.69, 9.17) is 5.73 Å². The van der Waals surface area contributed by atoms with Gasteiger partial charge in [0.1, 0.15) is 0 Å². The fourth-order valence-electron chi connectivity index (χ4n) is 5.84. The van der Waals surface area contributed by atoms with Crippen molar-refractivity contribution in [1.82, 2.24) is 0 Å². The molecule has 1 atom stereocenters. The van der Waals surface area contributed by atoms with Gasteiger partial charge in [-0.3, -0.25) is 4.79 Å². The largest absolute Gasteiger partial charge is 0.369 e. The van der Waals surface area contributed by atoms with Gasteiger partial charge in [0.15, 0.2) is 0 Å². The van der Waals surface area contributed by atoms with Crippen LogP contribution in [-0.2, 0) is 4.79 Å². The van der Waals surface area contributed by atoms with Crippen LogP contribution in [-0.4, -0.2) is 5.91 Å². The highest BCUT2D eigenvalue weighted by molar-refractivity contribution is 5.76. The summed E-state index contributed by atoms with van der Waals surface area (Å²) in [4.78, 5) is 11.6. The van der Waals surface area contributed by atoms with Crippen molar-refractivity contribution in [2.45, 2.75) is 194 Å². The van der Waals surface area contributed by atoms with E-state index in [0.29, 0.717) is 0 Å². The third-order valence-corrected chi connectivity index (χ3v) is 8.92. The Morgan fingerprint density at radius 2 is 0.739 bits per heavy atom. The zero-order chi connectivity index (χ0) is 33.4. The molecule has 0 rings (SSSR count). The van der Waals surface area contributed by atoms with Crippen molar-refractivity contribution >= 4 is 5.91 Å². The first-order valence-electron chi connectivity index (χ1n) is 20.0. The molecule has 0 saturated carbocycles.